The highest BCUT2D eigenvalue weighted by atomic mass is 32.2. The van der Waals surface area contributed by atoms with E-state index in [1.807, 2.05) is 0 Å². The molecule has 0 aromatic carbocycles. The van der Waals surface area contributed by atoms with E-state index in [2.05, 4.69) is 4.98 Å². The Morgan fingerprint density at radius 3 is 3.15 bits per heavy atom. The molecule has 1 aliphatic rings. The molecule has 0 fully saturated rings. The first-order valence-electron chi connectivity index (χ1n) is 3.99. The summed E-state index contributed by atoms with van der Waals surface area (Å²) < 4.78 is 23.1. The fourth-order valence-electron chi connectivity index (χ4n) is 1.53. The van der Waals surface area contributed by atoms with Gasteiger partial charge in [0.15, 0.2) is 9.84 Å². The molecule has 1 atom stereocenters. The lowest BCUT2D eigenvalue weighted by atomic mass is 10.2. The van der Waals surface area contributed by atoms with Crippen LogP contribution in [-0.4, -0.2) is 25.7 Å². The lowest BCUT2D eigenvalue weighted by molar-refractivity contribution is 0.576. The Balaban J connectivity index is 2.53. The van der Waals surface area contributed by atoms with E-state index in [0.717, 1.165) is 4.88 Å². The van der Waals surface area contributed by atoms with Crippen molar-refractivity contribution >= 4 is 21.2 Å². The van der Waals surface area contributed by atoms with E-state index in [-0.39, 0.29) is 12.3 Å². The van der Waals surface area contributed by atoms with Crippen LogP contribution in [0.25, 0.3) is 0 Å². The number of sulfone groups is 1. The molecule has 0 saturated heterocycles. The van der Waals surface area contributed by atoms with Crippen LogP contribution >= 0.6 is 11.3 Å². The fourth-order valence-corrected chi connectivity index (χ4v) is 4.18. The van der Waals surface area contributed by atoms with E-state index < -0.39 is 15.1 Å². The number of nitrogens with zero attached hydrogens (tertiary/aromatic N) is 1. The molecule has 0 aliphatic carbocycles. The number of aromatic nitrogens is 1. The van der Waals surface area contributed by atoms with E-state index in [4.69, 9.17) is 5.73 Å². The molecule has 0 amide bonds. The predicted molar refractivity (Wildman–Crippen MR) is 51.4 cm³/mol. The number of thiazole rings is 1. The van der Waals surface area contributed by atoms with Crippen molar-refractivity contribution in [1.82, 2.24) is 4.98 Å². The lowest BCUT2D eigenvalue weighted by Crippen LogP contribution is -2.29. The van der Waals surface area contributed by atoms with Crippen LogP contribution in [0.1, 0.15) is 15.8 Å². The van der Waals surface area contributed by atoms with Crippen molar-refractivity contribution in [3.8, 4) is 0 Å². The van der Waals surface area contributed by atoms with Crippen LogP contribution in [0.15, 0.2) is 5.51 Å². The third-order valence-corrected chi connectivity index (χ3v) is 5.20. The molecule has 0 saturated carbocycles. The molecule has 6 heteroatoms. The van der Waals surface area contributed by atoms with Gasteiger partial charge in [0.1, 0.15) is 5.25 Å². The van der Waals surface area contributed by atoms with Crippen molar-refractivity contribution < 1.29 is 8.42 Å². The van der Waals surface area contributed by atoms with Crippen molar-refractivity contribution in [3.05, 3.63) is 16.1 Å². The van der Waals surface area contributed by atoms with E-state index >= 15 is 0 Å². The van der Waals surface area contributed by atoms with Crippen LogP contribution < -0.4 is 5.73 Å². The maximum Gasteiger partial charge on any atom is 0.160 e. The number of hydrogen-bond donors (Lipinski definition) is 1. The molecular formula is C7H10N2O2S2. The maximum absolute atomic E-state index is 11.6. The number of nitrogens with two attached hydrogens (primary N) is 1. The van der Waals surface area contributed by atoms with Crippen molar-refractivity contribution in [2.45, 2.75) is 11.7 Å². The van der Waals surface area contributed by atoms with Crippen LogP contribution in [0.4, 0.5) is 0 Å². The van der Waals surface area contributed by atoms with Gasteiger partial charge >= 0.3 is 0 Å². The van der Waals surface area contributed by atoms with E-state index in [0.29, 0.717) is 12.1 Å². The Bertz CT molecular complexity index is 410. The van der Waals surface area contributed by atoms with Crippen LogP contribution in [0, 0.1) is 0 Å². The number of rotatable bonds is 1. The Hall–Kier alpha value is -0.460. The van der Waals surface area contributed by atoms with Gasteiger partial charge in [0, 0.05) is 11.4 Å². The monoisotopic (exact) mass is 218 g/mol. The first-order chi connectivity index (χ1) is 6.15. The summed E-state index contributed by atoms with van der Waals surface area (Å²) in [5, 5.41) is -0.567. The van der Waals surface area contributed by atoms with Crippen molar-refractivity contribution in [3.63, 3.8) is 0 Å². The fraction of sp³-hybridized carbons (Fsp3) is 0.571. The van der Waals surface area contributed by atoms with Gasteiger partial charge in [-0.25, -0.2) is 13.4 Å². The topological polar surface area (TPSA) is 73.0 Å². The smallest absolute Gasteiger partial charge is 0.160 e. The largest absolute Gasteiger partial charge is 0.329 e. The lowest BCUT2D eigenvalue weighted by Gasteiger charge is -2.19. The van der Waals surface area contributed by atoms with E-state index in [9.17, 15) is 8.42 Å². The molecule has 0 radical (unpaired) electrons. The normalized spacial score (nSPS) is 25.5. The van der Waals surface area contributed by atoms with Crippen LogP contribution in [0.5, 0.6) is 0 Å². The summed E-state index contributed by atoms with van der Waals surface area (Å²) in [6.07, 6.45) is 0.596. The predicted octanol–water partition coefficient (Wildman–Crippen LogP) is 0.114. The molecule has 2 heterocycles. The van der Waals surface area contributed by atoms with Crippen LogP contribution in [0.2, 0.25) is 0 Å². The van der Waals surface area contributed by atoms with Gasteiger partial charge in [0.2, 0.25) is 0 Å². The molecule has 2 rings (SSSR count). The minimum Gasteiger partial charge on any atom is -0.329 e. The highest BCUT2D eigenvalue weighted by molar-refractivity contribution is 7.91. The SMILES string of the molecule is NCC1c2ncsc2CCS1(=O)=O. The highest BCUT2D eigenvalue weighted by Crippen LogP contribution is 2.32. The summed E-state index contributed by atoms with van der Waals surface area (Å²) >= 11 is 1.51. The van der Waals surface area contributed by atoms with Gasteiger partial charge in [0.25, 0.3) is 0 Å². The standard InChI is InChI=1S/C7H10N2O2S2/c8-3-6-7-5(12-4-9-7)1-2-13(6,10)11/h4,6H,1-3,8H2. The summed E-state index contributed by atoms with van der Waals surface area (Å²) in [6.45, 7) is 0.138. The van der Waals surface area contributed by atoms with E-state index in [1.165, 1.54) is 11.3 Å². The highest BCUT2D eigenvalue weighted by Gasteiger charge is 2.34. The zero-order valence-electron chi connectivity index (χ0n) is 6.93. The average molecular weight is 218 g/mol. The van der Waals surface area contributed by atoms with Gasteiger partial charge in [-0.15, -0.1) is 11.3 Å². The molecule has 1 aromatic heterocycles. The minimum absolute atomic E-state index is 0.138. The maximum atomic E-state index is 11.6. The summed E-state index contributed by atoms with van der Waals surface area (Å²) in [6, 6.07) is 0. The minimum atomic E-state index is -3.04. The molecule has 1 aromatic rings. The summed E-state index contributed by atoms with van der Waals surface area (Å²) in [5.41, 5.74) is 7.81. The molecule has 1 unspecified atom stereocenters. The van der Waals surface area contributed by atoms with Crippen LogP contribution in [-0.2, 0) is 16.3 Å². The van der Waals surface area contributed by atoms with Gasteiger partial charge in [-0.2, -0.15) is 0 Å². The molecule has 4 nitrogen and oxygen atoms in total. The number of aryl methyl sites for hydroxylation is 1. The molecule has 2 N–H and O–H groups in total. The van der Waals surface area contributed by atoms with E-state index in [1.54, 1.807) is 5.51 Å². The average Bonchev–Trinajstić information content (AvgIpc) is 2.50. The molecule has 0 spiro atoms. The summed E-state index contributed by atoms with van der Waals surface area (Å²) in [4.78, 5) is 5.14. The van der Waals surface area contributed by atoms with Crippen LogP contribution in [0.3, 0.4) is 0 Å². The second-order valence-electron chi connectivity index (χ2n) is 3.00. The van der Waals surface area contributed by atoms with Gasteiger partial charge < -0.3 is 5.73 Å². The number of hydrogen-bond acceptors (Lipinski definition) is 5. The molecule has 72 valence electrons. The Morgan fingerprint density at radius 2 is 2.46 bits per heavy atom. The Kier molecular flexibility index (Phi) is 2.13. The molecular weight excluding hydrogens is 208 g/mol. The molecule has 1 aliphatic heterocycles. The molecule has 0 bridgehead atoms. The quantitative estimate of drug-likeness (QED) is 0.726. The summed E-state index contributed by atoms with van der Waals surface area (Å²) in [5.74, 6) is 0.212. The molecule has 13 heavy (non-hydrogen) atoms. The Morgan fingerprint density at radius 1 is 1.69 bits per heavy atom. The zero-order chi connectivity index (χ0) is 9.47. The Labute approximate surface area is 80.7 Å². The van der Waals surface area contributed by atoms with Gasteiger partial charge in [0.05, 0.1) is 17.0 Å². The first kappa shape index (κ1) is 9.11. The second-order valence-corrected chi connectivity index (χ2v) is 6.24. The van der Waals surface area contributed by atoms with Crippen molar-refractivity contribution in [2.24, 2.45) is 5.73 Å². The second kappa shape index (κ2) is 3.04. The third kappa shape index (κ3) is 1.38. The van der Waals surface area contributed by atoms with Crippen molar-refractivity contribution in [1.29, 1.82) is 0 Å². The van der Waals surface area contributed by atoms with Gasteiger partial charge in [-0.1, -0.05) is 0 Å². The zero-order valence-corrected chi connectivity index (χ0v) is 8.57. The van der Waals surface area contributed by atoms with Gasteiger partial charge in [-0.05, 0) is 6.42 Å². The third-order valence-electron chi connectivity index (χ3n) is 2.24. The van der Waals surface area contributed by atoms with Gasteiger partial charge in [-0.3, -0.25) is 0 Å². The van der Waals surface area contributed by atoms with Crippen molar-refractivity contribution in [2.75, 3.05) is 12.3 Å². The summed E-state index contributed by atoms with van der Waals surface area (Å²) in [7, 11) is -3.04. The number of fused-ring (bicyclic) bond motifs is 1. The first-order valence-corrected chi connectivity index (χ1v) is 6.58.